The third-order valence-corrected chi connectivity index (χ3v) is 1.65. The summed E-state index contributed by atoms with van der Waals surface area (Å²) in [5, 5.41) is 17.9. The number of carboxylic acids is 1. The van der Waals surface area contributed by atoms with Gasteiger partial charge >= 0.3 is 5.97 Å². The molecule has 13 heavy (non-hydrogen) atoms. The number of aliphatic hydroxyl groups is 1. The van der Waals surface area contributed by atoms with Gasteiger partial charge in [0.2, 0.25) is 0 Å². The zero-order chi connectivity index (χ0) is 10.0. The molecule has 1 aromatic rings. The van der Waals surface area contributed by atoms with Crippen molar-refractivity contribution in [2.24, 2.45) is 12.8 Å². The maximum atomic E-state index is 10.4. The number of aromatic nitrogens is 2. The topological polar surface area (TPSA) is 101 Å². The predicted molar refractivity (Wildman–Crippen MR) is 43.8 cm³/mol. The van der Waals surface area contributed by atoms with Crippen LogP contribution in [0.4, 0.5) is 0 Å². The summed E-state index contributed by atoms with van der Waals surface area (Å²) in [5.41, 5.74) is 5.46. The third kappa shape index (κ3) is 2.04. The Labute approximate surface area is 74.6 Å². The molecular weight excluding hydrogens is 174 g/mol. The quantitative estimate of drug-likeness (QED) is 0.552. The number of nitrogens with zero attached hydrogens (tertiary/aromatic N) is 2. The van der Waals surface area contributed by atoms with Gasteiger partial charge in [-0.05, 0) is 0 Å². The summed E-state index contributed by atoms with van der Waals surface area (Å²) >= 11 is 0. The molecule has 0 aliphatic heterocycles. The highest BCUT2D eigenvalue weighted by atomic mass is 16.4. The smallest absolute Gasteiger partial charge is 0.323 e. The van der Waals surface area contributed by atoms with Crippen molar-refractivity contribution in [1.82, 2.24) is 9.55 Å². The van der Waals surface area contributed by atoms with Crippen molar-refractivity contribution < 1.29 is 15.0 Å². The van der Waals surface area contributed by atoms with E-state index in [9.17, 15) is 9.90 Å². The Morgan fingerprint density at radius 3 is 2.77 bits per heavy atom. The largest absolute Gasteiger partial charge is 0.480 e. The van der Waals surface area contributed by atoms with Crippen molar-refractivity contribution >= 4 is 5.97 Å². The average Bonchev–Trinajstić information content (AvgIpc) is 2.49. The van der Waals surface area contributed by atoms with Gasteiger partial charge in [0.05, 0.1) is 12.0 Å². The zero-order valence-electron chi connectivity index (χ0n) is 7.08. The molecule has 0 saturated heterocycles. The molecule has 0 aliphatic carbocycles. The number of carbonyl (C=O) groups is 1. The fourth-order valence-corrected chi connectivity index (χ4v) is 0.905. The minimum absolute atomic E-state index is 0.261. The molecule has 1 heterocycles. The van der Waals surface area contributed by atoms with Crippen LogP contribution in [0.25, 0.3) is 0 Å². The molecule has 2 atom stereocenters. The van der Waals surface area contributed by atoms with Crippen LogP contribution in [0.15, 0.2) is 12.5 Å². The van der Waals surface area contributed by atoms with Gasteiger partial charge in [0, 0.05) is 13.2 Å². The average molecular weight is 185 g/mol. The SMILES string of the molecule is Cn1cnc(C(O)C(N)C(=O)O)c1. The van der Waals surface area contributed by atoms with Gasteiger partial charge in [-0.15, -0.1) is 0 Å². The molecule has 0 aromatic carbocycles. The fraction of sp³-hybridized carbons (Fsp3) is 0.429. The summed E-state index contributed by atoms with van der Waals surface area (Å²) in [6.07, 6.45) is 1.72. The maximum absolute atomic E-state index is 10.4. The highest BCUT2D eigenvalue weighted by Gasteiger charge is 2.24. The molecule has 0 fully saturated rings. The van der Waals surface area contributed by atoms with Crippen LogP contribution in [-0.4, -0.2) is 31.8 Å². The number of aliphatic hydroxyl groups excluding tert-OH is 1. The molecule has 0 amide bonds. The first-order chi connectivity index (χ1) is 6.02. The first kappa shape index (κ1) is 9.69. The molecule has 0 saturated carbocycles. The highest BCUT2D eigenvalue weighted by molar-refractivity contribution is 5.74. The standard InChI is InChI=1S/C7H11N3O3/c1-10-2-4(9-3-10)6(11)5(8)7(12)13/h2-3,5-6,11H,8H2,1H3,(H,12,13). The van der Waals surface area contributed by atoms with Crippen LogP contribution in [-0.2, 0) is 11.8 Å². The number of carboxylic acid groups (broad SMARTS) is 1. The maximum Gasteiger partial charge on any atom is 0.323 e. The van der Waals surface area contributed by atoms with Crippen LogP contribution in [0.1, 0.15) is 11.8 Å². The lowest BCUT2D eigenvalue weighted by Gasteiger charge is -2.11. The summed E-state index contributed by atoms with van der Waals surface area (Å²) < 4.78 is 1.60. The molecule has 0 aliphatic rings. The van der Waals surface area contributed by atoms with Gasteiger partial charge in [0.15, 0.2) is 0 Å². The monoisotopic (exact) mass is 185 g/mol. The molecule has 72 valence electrons. The van der Waals surface area contributed by atoms with Crippen molar-refractivity contribution in [3.8, 4) is 0 Å². The number of imidazole rings is 1. The second-order valence-electron chi connectivity index (χ2n) is 2.77. The summed E-state index contributed by atoms with van der Waals surface area (Å²) in [7, 11) is 1.72. The van der Waals surface area contributed by atoms with Gasteiger partial charge < -0.3 is 20.5 Å². The Balaban J connectivity index is 2.78. The van der Waals surface area contributed by atoms with Crippen LogP contribution >= 0.6 is 0 Å². The van der Waals surface area contributed by atoms with E-state index in [1.165, 1.54) is 12.5 Å². The highest BCUT2D eigenvalue weighted by Crippen LogP contribution is 2.12. The van der Waals surface area contributed by atoms with Crippen LogP contribution in [0.3, 0.4) is 0 Å². The number of hydrogen-bond donors (Lipinski definition) is 3. The fourth-order valence-electron chi connectivity index (χ4n) is 0.905. The number of nitrogens with two attached hydrogens (primary N) is 1. The Hall–Kier alpha value is -1.40. The summed E-state index contributed by atoms with van der Waals surface area (Å²) in [4.78, 5) is 14.2. The Morgan fingerprint density at radius 2 is 2.38 bits per heavy atom. The second-order valence-corrected chi connectivity index (χ2v) is 2.77. The van der Waals surface area contributed by atoms with E-state index >= 15 is 0 Å². The first-order valence-corrected chi connectivity index (χ1v) is 3.66. The summed E-state index contributed by atoms with van der Waals surface area (Å²) in [5.74, 6) is -1.25. The zero-order valence-corrected chi connectivity index (χ0v) is 7.08. The molecule has 4 N–H and O–H groups in total. The number of hydrogen-bond acceptors (Lipinski definition) is 4. The molecule has 0 spiro atoms. The normalized spacial score (nSPS) is 15.3. The van der Waals surface area contributed by atoms with Crippen molar-refractivity contribution in [2.45, 2.75) is 12.1 Å². The van der Waals surface area contributed by atoms with E-state index < -0.39 is 18.1 Å². The Bertz CT molecular complexity index is 310. The van der Waals surface area contributed by atoms with E-state index in [2.05, 4.69) is 4.98 Å². The molecule has 2 unspecified atom stereocenters. The molecule has 0 bridgehead atoms. The van der Waals surface area contributed by atoms with E-state index in [0.717, 1.165) is 0 Å². The van der Waals surface area contributed by atoms with E-state index in [1.54, 1.807) is 11.6 Å². The number of aryl methyl sites for hydroxylation is 1. The lowest BCUT2D eigenvalue weighted by atomic mass is 10.1. The first-order valence-electron chi connectivity index (χ1n) is 3.66. The van der Waals surface area contributed by atoms with Crippen LogP contribution in [0.2, 0.25) is 0 Å². The van der Waals surface area contributed by atoms with Gasteiger partial charge in [0.1, 0.15) is 12.1 Å². The van der Waals surface area contributed by atoms with E-state index in [4.69, 9.17) is 10.8 Å². The van der Waals surface area contributed by atoms with Gasteiger partial charge in [-0.1, -0.05) is 0 Å². The molecule has 1 aromatic heterocycles. The van der Waals surface area contributed by atoms with Crippen molar-refractivity contribution in [1.29, 1.82) is 0 Å². The van der Waals surface area contributed by atoms with Crippen LogP contribution < -0.4 is 5.73 Å². The van der Waals surface area contributed by atoms with Gasteiger partial charge in [-0.2, -0.15) is 0 Å². The molecule has 6 nitrogen and oxygen atoms in total. The Kier molecular flexibility index (Phi) is 2.64. The van der Waals surface area contributed by atoms with Gasteiger partial charge in [0.25, 0.3) is 0 Å². The van der Waals surface area contributed by atoms with Crippen molar-refractivity contribution in [2.75, 3.05) is 0 Å². The third-order valence-electron chi connectivity index (χ3n) is 1.65. The molecule has 1 rings (SSSR count). The summed E-state index contributed by atoms with van der Waals surface area (Å²) in [6, 6.07) is -1.34. The minimum Gasteiger partial charge on any atom is -0.480 e. The van der Waals surface area contributed by atoms with Crippen LogP contribution in [0.5, 0.6) is 0 Å². The molecular formula is C7H11N3O3. The number of aliphatic carboxylic acids is 1. The van der Waals surface area contributed by atoms with Gasteiger partial charge in [-0.3, -0.25) is 4.79 Å². The van der Waals surface area contributed by atoms with Crippen LogP contribution in [0, 0.1) is 0 Å². The molecule has 6 heteroatoms. The van der Waals surface area contributed by atoms with E-state index in [1.807, 2.05) is 0 Å². The van der Waals surface area contributed by atoms with Crippen molar-refractivity contribution in [3.05, 3.63) is 18.2 Å². The second kappa shape index (κ2) is 3.55. The van der Waals surface area contributed by atoms with Gasteiger partial charge in [-0.25, -0.2) is 4.98 Å². The Morgan fingerprint density at radius 1 is 1.77 bits per heavy atom. The van der Waals surface area contributed by atoms with E-state index in [-0.39, 0.29) is 5.69 Å². The summed E-state index contributed by atoms with van der Waals surface area (Å²) in [6.45, 7) is 0. The lowest BCUT2D eigenvalue weighted by Crippen LogP contribution is -2.36. The van der Waals surface area contributed by atoms with Crippen molar-refractivity contribution in [3.63, 3.8) is 0 Å². The molecule has 0 radical (unpaired) electrons. The lowest BCUT2D eigenvalue weighted by molar-refractivity contribution is -0.141. The number of rotatable bonds is 3. The van der Waals surface area contributed by atoms with E-state index in [0.29, 0.717) is 0 Å². The predicted octanol–water partition coefficient (Wildman–Crippen LogP) is -1.13. The minimum atomic E-state index is -1.34.